The van der Waals surface area contributed by atoms with E-state index in [1.165, 1.54) is 24.2 Å². The van der Waals surface area contributed by atoms with Crippen molar-refractivity contribution in [3.05, 3.63) is 0 Å². The smallest absolute Gasteiger partial charge is 0.328 e. The molecular formula is C15H24N4O2. The lowest BCUT2D eigenvalue weighted by molar-refractivity contribution is -0.136. The second kappa shape index (κ2) is 5.31. The molecule has 3 aliphatic rings. The molecule has 2 unspecified atom stereocenters. The summed E-state index contributed by atoms with van der Waals surface area (Å²) in [6, 6.07) is -0.592. The Labute approximate surface area is 125 Å². The molecule has 1 saturated carbocycles. The van der Waals surface area contributed by atoms with E-state index in [0.29, 0.717) is 5.92 Å². The molecule has 2 heterocycles. The first kappa shape index (κ1) is 14.4. The molecule has 21 heavy (non-hydrogen) atoms. The summed E-state index contributed by atoms with van der Waals surface area (Å²) in [5, 5.41) is 0. The molecule has 2 fully saturated rings. The number of carbonyl (C=O) groups is 2. The maximum absolute atomic E-state index is 12.5. The van der Waals surface area contributed by atoms with Gasteiger partial charge < -0.3 is 9.80 Å². The Morgan fingerprint density at radius 2 is 1.81 bits per heavy atom. The van der Waals surface area contributed by atoms with Crippen LogP contribution in [0.2, 0.25) is 0 Å². The fourth-order valence-electron chi connectivity index (χ4n) is 3.84. The summed E-state index contributed by atoms with van der Waals surface area (Å²) in [6.07, 6.45) is 5.71. The number of hydrogen-bond donors (Lipinski definition) is 0. The number of carbonyl (C=O) groups excluding carboxylic acids is 2. The van der Waals surface area contributed by atoms with Crippen LogP contribution in [0.4, 0.5) is 4.79 Å². The lowest BCUT2D eigenvalue weighted by Gasteiger charge is -2.40. The molecule has 0 aromatic carbocycles. The number of imide groups is 1. The summed E-state index contributed by atoms with van der Waals surface area (Å²) in [5.41, 5.74) is 0. The molecule has 1 saturated heterocycles. The molecule has 6 heteroatoms. The van der Waals surface area contributed by atoms with Crippen LogP contribution in [0.15, 0.2) is 4.99 Å². The maximum atomic E-state index is 12.5. The van der Waals surface area contributed by atoms with E-state index in [2.05, 4.69) is 11.8 Å². The second-order valence-corrected chi connectivity index (χ2v) is 6.26. The van der Waals surface area contributed by atoms with E-state index in [0.717, 1.165) is 25.2 Å². The number of likely N-dealkylation sites (N-methyl/N-ethyl adjacent to an activating group) is 3. The van der Waals surface area contributed by atoms with Crippen LogP contribution in [-0.2, 0) is 4.79 Å². The van der Waals surface area contributed by atoms with Crippen molar-refractivity contribution in [2.45, 2.75) is 51.2 Å². The van der Waals surface area contributed by atoms with E-state index < -0.39 is 0 Å². The predicted molar refractivity (Wildman–Crippen MR) is 79.9 cm³/mol. The average molecular weight is 292 g/mol. The molecule has 1 aliphatic carbocycles. The lowest BCUT2D eigenvalue weighted by Crippen LogP contribution is -2.64. The number of nitrogens with zero attached hydrogens (tertiary/aromatic N) is 4. The van der Waals surface area contributed by atoms with E-state index in [-0.39, 0.29) is 24.1 Å². The standard InChI is InChI=1S/C15H24N4O2/c1-4-19-11-13(17(2)15(21)18(3)14(11)20)16-12(19)10-8-6-5-7-9-10/h10-11,13H,4-9H2,1-3H3. The largest absolute Gasteiger partial charge is 0.345 e. The van der Waals surface area contributed by atoms with E-state index in [4.69, 9.17) is 4.99 Å². The van der Waals surface area contributed by atoms with Gasteiger partial charge in [0.25, 0.3) is 5.91 Å². The minimum atomic E-state index is -0.349. The highest BCUT2D eigenvalue weighted by atomic mass is 16.2. The number of aliphatic imine (C=N–C) groups is 1. The summed E-state index contributed by atoms with van der Waals surface area (Å²) in [4.78, 5) is 34.4. The van der Waals surface area contributed by atoms with Crippen LogP contribution in [-0.4, -0.2) is 65.3 Å². The Hall–Kier alpha value is -1.59. The van der Waals surface area contributed by atoms with Gasteiger partial charge in [-0.2, -0.15) is 0 Å². The summed E-state index contributed by atoms with van der Waals surface area (Å²) in [5.74, 6) is 1.38. The summed E-state index contributed by atoms with van der Waals surface area (Å²) >= 11 is 0. The van der Waals surface area contributed by atoms with Crippen LogP contribution in [0, 0.1) is 5.92 Å². The summed E-state index contributed by atoms with van der Waals surface area (Å²) in [6.45, 7) is 2.82. The molecule has 3 rings (SSSR count). The molecule has 0 bridgehead atoms. The Bertz CT molecular complexity index is 484. The van der Waals surface area contributed by atoms with Gasteiger partial charge in [-0.3, -0.25) is 9.69 Å². The van der Waals surface area contributed by atoms with Crippen LogP contribution >= 0.6 is 0 Å². The SMILES string of the molecule is CCN1C(C2CCCCC2)=NC2C1C(=O)N(C)C(=O)N2C. The van der Waals surface area contributed by atoms with Gasteiger partial charge in [0.15, 0.2) is 12.2 Å². The first-order chi connectivity index (χ1) is 10.1. The highest BCUT2D eigenvalue weighted by Crippen LogP contribution is 2.34. The monoisotopic (exact) mass is 292 g/mol. The van der Waals surface area contributed by atoms with Crippen molar-refractivity contribution in [1.29, 1.82) is 0 Å². The van der Waals surface area contributed by atoms with Gasteiger partial charge in [0.05, 0.1) is 0 Å². The van der Waals surface area contributed by atoms with Crippen molar-refractivity contribution < 1.29 is 9.59 Å². The van der Waals surface area contributed by atoms with Gasteiger partial charge >= 0.3 is 6.03 Å². The maximum Gasteiger partial charge on any atom is 0.328 e. The van der Waals surface area contributed by atoms with Crippen LogP contribution < -0.4 is 0 Å². The zero-order valence-electron chi connectivity index (χ0n) is 13.1. The van der Waals surface area contributed by atoms with Gasteiger partial charge in [-0.1, -0.05) is 19.3 Å². The molecule has 2 aliphatic heterocycles. The van der Waals surface area contributed by atoms with Crippen LogP contribution in [0.5, 0.6) is 0 Å². The second-order valence-electron chi connectivity index (χ2n) is 6.26. The number of urea groups is 1. The first-order valence-electron chi connectivity index (χ1n) is 7.95. The van der Waals surface area contributed by atoms with E-state index in [9.17, 15) is 9.59 Å². The lowest BCUT2D eigenvalue weighted by atomic mass is 9.88. The molecule has 0 spiro atoms. The van der Waals surface area contributed by atoms with E-state index in [1.807, 2.05) is 0 Å². The van der Waals surface area contributed by atoms with Crippen molar-refractivity contribution in [1.82, 2.24) is 14.7 Å². The third kappa shape index (κ3) is 2.12. The van der Waals surface area contributed by atoms with Gasteiger partial charge in [-0.15, -0.1) is 0 Å². The van der Waals surface area contributed by atoms with Crippen molar-refractivity contribution in [2.24, 2.45) is 10.9 Å². The molecule has 0 aromatic rings. The fourth-order valence-corrected chi connectivity index (χ4v) is 3.84. The third-order valence-corrected chi connectivity index (χ3v) is 5.06. The molecule has 116 valence electrons. The van der Waals surface area contributed by atoms with Crippen molar-refractivity contribution in [3.63, 3.8) is 0 Å². The molecular weight excluding hydrogens is 268 g/mol. The summed E-state index contributed by atoms with van der Waals surface area (Å²) < 4.78 is 0. The third-order valence-electron chi connectivity index (χ3n) is 5.06. The Kier molecular flexibility index (Phi) is 3.63. The van der Waals surface area contributed by atoms with E-state index >= 15 is 0 Å². The minimum absolute atomic E-state index is 0.125. The predicted octanol–water partition coefficient (Wildman–Crippen LogP) is 1.52. The molecule has 0 radical (unpaired) electrons. The average Bonchev–Trinajstić information content (AvgIpc) is 2.91. The Morgan fingerprint density at radius 1 is 1.14 bits per heavy atom. The van der Waals surface area contributed by atoms with Gasteiger partial charge in [-0.25, -0.2) is 9.79 Å². The zero-order valence-corrected chi connectivity index (χ0v) is 13.1. The molecule has 3 amide bonds. The highest BCUT2D eigenvalue weighted by Gasteiger charge is 2.51. The first-order valence-corrected chi connectivity index (χ1v) is 7.95. The zero-order chi connectivity index (χ0) is 15.1. The normalized spacial score (nSPS) is 30.8. The van der Waals surface area contributed by atoms with Crippen LogP contribution in [0.3, 0.4) is 0 Å². The van der Waals surface area contributed by atoms with Gasteiger partial charge in [0.1, 0.15) is 5.84 Å². The topological polar surface area (TPSA) is 56.2 Å². The molecule has 0 aromatic heterocycles. The minimum Gasteiger partial charge on any atom is -0.345 e. The Morgan fingerprint density at radius 3 is 2.43 bits per heavy atom. The number of rotatable bonds is 2. The Balaban J connectivity index is 1.92. The molecule has 0 N–H and O–H groups in total. The van der Waals surface area contributed by atoms with Crippen molar-refractivity contribution >= 4 is 17.8 Å². The number of fused-ring (bicyclic) bond motifs is 1. The van der Waals surface area contributed by atoms with Crippen molar-refractivity contribution in [3.8, 4) is 0 Å². The van der Waals surface area contributed by atoms with Crippen LogP contribution in [0.1, 0.15) is 39.0 Å². The van der Waals surface area contributed by atoms with Crippen molar-refractivity contribution in [2.75, 3.05) is 20.6 Å². The molecule has 2 atom stereocenters. The quantitative estimate of drug-likeness (QED) is 0.775. The number of amides is 3. The number of hydrogen-bond acceptors (Lipinski definition) is 4. The van der Waals surface area contributed by atoms with Crippen LogP contribution in [0.25, 0.3) is 0 Å². The summed E-state index contributed by atoms with van der Waals surface area (Å²) in [7, 11) is 3.30. The fraction of sp³-hybridized carbons (Fsp3) is 0.800. The van der Waals surface area contributed by atoms with Gasteiger partial charge in [-0.05, 0) is 19.8 Å². The van der Waals surface area contributed by atoms with Gasteiger partial charge in [0, 0.05) is 26.6 Å². The number of amidine groups is 1. The van der Waals surface area contributed by atoms with Gasteiger partial charge in [0.2, 0.25) is 0 Å². The highest BCUT2D eigenvalue weighted by molar-refractivity contribution is 6.04. The van der Waals surface area contributed by atoms with E-state index in [1.54, 1.807) is 19.0 Å². The molecule has 6 nitrogen and oxygen atoms in total.